The Morgan fingerprint density at radius 2 is 1.91 bits per heavy atom. The number of aryl methyl sites for hydroxylation is 1. The summed E-state index contributed by atoms with van der Waals surface area (Å²) in [5.41, 5.74) is 2.14. The van der Waals surface area contributed by atoms with Crippen molar-refractivity contribution >= 4 is 11.6 Å². The average molecular weight is 463 g/mol. The summed E-state index contributed by atoms with van der Waals surface area (Å²) in [4.78, 5) is 26.9. The summed E-state index contributed by atoms with van der Waals surface area (Å²) in [6, 6.07) is 9.58. The first-order valence-electron chi connectivity index (χ1n) is 9.74. The van der Waals surface area contributed by atoms with Gasteiger partial charge in [0.1, 0.15) is 11.4 Å². The summed E-state index contributed by atoms with van der Waals surface area (Å²) in [6.07, 6.45) is -3.20. The molecule has 33 heavy (non-hydrogen) atoms. The molecule has 2 aromatic heterocycles. The van der Waals surface area contributed by atoms with E-state index in [1.54, 1.807) is 38.1 Å². The van der Waals surface area contributed by atoms with Crippen LogP contribution < -0.4 is 10.1 Å². The number of hydrogen-bond donors (Lipinski definition) is 1. The highest BCUT2D eigenvalue weighted by Gasteiger charge is 2.29. The van der Waals surface area contributed by atoms with Gasteiger partial charge in [-0.2, -0.15) is 18.3 Å². The Morgan fingerprint density at radius 3 is 2.52 bits per heavy atom. The Balaban J connectivity index is 1.63. The van der Waals surface area contributed by atoms with Gasteiger partial charge in [-0.25, -0.2) is 4.98 Å². The number of nitrogens with zero attached hydrogens (tertiary/aromatic N) is 4. The fraction of sp³-hybridized carbons (Fsp3) is 0.286. The van der Waals surface area contributed by atoms with Gasteiger partial charge in [-0.3, -0.25) is 19.6 Å². The molecule has 0 unspecified atom stereocenters. The van der Waals surface area contributed by atoms with Crippen molar-refractivity contribution in [3.8, 4) is 5.88 Å². The Bertz CT molecular complexity index is 1160. The van der Waals surface area contributed by atoms with Crippen LogP contribution in [0.15, 0.2) is 42.6 Å². The van der Waals surface area contributed by atoms with E-state index in [4.69, 9.17) is 4.74 Å². The maximum atomic E-state index is 12.4. The molecule has 0 spiro atoms. The van der Waals surface area contributed by atoms with Gasteiger partial charge in [0, 0.05) is 23.9 Å². The van der Waals surface area contributed by atoms with E-state index in [1.165, 1.54) is 23.0 Å². The van der Waals surface area contributed by atoms with E-state index in [9.17, 15) is 28.1 Å². The highest BCUT2D eigenvalue weighted by Crippen LogP contribution is 2.23. The number of nitrogens with one attached hydrogen (secondary N) is 1. The predicted octanol–water partition coefficient (Wildman–Crippen LogP) is 3.72. The molecule has 0 aliphatic rings. The van der Waals surface area contributed by atoms with E-state index < -0.39 is 23.6 Å². The van der Waals surface area contributed by atoms with Gasteiger partial charge >= 0.3 is 11.9 Å². The van der Waals surface area contributed by atoms with Gasteiger partial charge in [0.15, 0.2) is 6.61 Å². The summed E-state index contributed by atoms with van der Waals surface area (Å²) in [6.45, 7) is 1.92. The molecule has 9 nitrogen and oxygen atoms in total. The minimum Gasteiger partial charge on any atom is -0.468 e. The Kier molecular flexibility index (Phi) is 6.95. The molecule has 0 aliphatic carbocycles. The van der Waals surface area contributed by atoms with Gasteiger partial charge < -0.3 is 10.1 Å². The number of carbonyl (C=O) groups is 1. The third kappa shape index (κ3) is 6.05. The van der Waals surface area contributed by atoms with Gasteiger partial charge in [0.25, 0.3) is 5.91 Å². The van der Waals surface area contributed by atoms with Crippen molar-refractivity contribution in [1.82, 2.24) is 20.1 Å². The van der Waals surface area contributed by atoms with Crippen LogP contribution in [0.3, 0.4) is 0 Å². The van der Waals surface area contributed by atoms with Crippen LogP contribution in [0.1, 0.15) is 32.9 Å². The first-order chi connectivity index (χ1) is 15.5. The number of carbonyl (C=O) groups excluding carboxylic acids is 1. The summed E-state index contributed by atoms with van der Waals surface area (Å²) in [7, 11) is 0. The topological polar surface area (TPSA) is 112 Å². The fourth-order valence-electron chi connectivity index (χ4n) is 3.16. The number of amides is 1. The number of nitro groups is 1. The SMILES string of the molecule is Cc1nn(Cc2ccc(C(=O)NCc3cccnc3OCC(F)(F)F)cc2)c(C)c1[N+](=O)[O-]. The van der Waals surface area contributed by atoms with Crippen molar-refractivity contribution in [3.05, 3.63) is 80.8 Å². The monoisotopic (exact) mass is 463 g/mol. The molecule has 174 valence electrons. The van der Waals surface area contributed by atoms with E-state index in [1.807, 2.05) is 0 Å². The first kappa shape index (κ1) is 23.7. The van der Waals surface area contributed by atoms with Crippen LogP contribution in [0.4, 0.5) is 18.9 Å². The lowest BCUT2D eigenvalue weighted by Gasteiger charge is -2.12. The van der Waals surface area contributed by atoms with Gasteiger partial charge in [-0.1, -0.05) is 18.2 Å². The summed E-state index contributed by atoms with van der Waals surface area (Å²) >= 11 is 0. The average Bonchev–Trinajstić information content (AvgIpc) is 3.04. The van der Waals surface area contributed by atoms with Gasteiger partial charge in [0.2, 0.25) is 5.88 Å². The molecule has 1 N–H and O–H groups in total. The smallest absolute Gasteiger partial charge is 0.422 e. The number of benzene rings is 1. The number of ether oxygens (including phenoxy) is 1. The van der Waals surface area contributed by atoms with Crippen molar-refractivity contribution in [2.24, 2.45) is 0 Å². The minimum atomic E-state index is -4.50. The molecular formula is C21H20F3N5O4. The van der Waals surface area contributed by atoms with Crippen LogP contribution in [0.25, 0.3) is 0 Å². The quantitative estimate of drug-likeness (QED) is 0.403. The van der Waals surface area contributed by atoms with Crippen molar-refractivity contribution in [1.29, 1.82) is 0 Å². The molecule has 2 heterocycles. The maximum Gasteiger partial charge on any atom is 0.422 e. The number of aromatic nitrogens is 3. The maximum absolute atomic E-state index is 12.4. The van der Waals surface area contributed by atoms with Crippen LogP contribution in [-0.2, 0) is 13.1 Å². The standard InChI is InChI=1S/C21H20F3N5O4/c1-13-18(29(31)32)14(2)28(27-13)11-15-5-7-16(8-6-15)19(30)26-10-17-4-3-9-25-20(17)33-12-21(22,23)24/h3-9H,10-12H2,1-2H3,(H,26,30). The van der Waals surface area contributed by atoms with Gasteiger partial charge in [-0.05, 0) is 37.6 Å². The van der Waals surface area contributed by atoms with Crippen LogP contribution in [0, 0.1) is 24.0 Å². The second kappa shape index (κ2) is 9.67. The molecule has 1 amide bonds. The molecular weight excluding hydrogens is 443 g/mol. The predicted molar refractivity (Wildman–Crippen MR) is 111 cm³/mol. The number of hydrogen-bond acceptors (Lipinski definition) is 6. The molecule has 0 atom stereocenters. The molecule has 3 rings (SSSR count). The number of pyridine rings is 1. The number of halogens is 3. The van der Waals surface area contributed by atoms with Crippen LogP contribution in [0.2, 0.25) is 0 Å². The molecule has 1 aromatic carbocycles. The molecule has 0 fully saturated rings. The lowest BCUT2D eigenvalue weighted by atomic mass is 10.1. The Hall–Kier alpha value is -3.96. The van der Waals surface area contributed by atoms with Crippen molar-refractivity contribution in [2.75, 3.05) is 6.61 Å². The van der Waals surface area contributed by atoms with Crippen molar-refractivity contribution in [3.63, 3.8) is 0 Å². The molecule has 3 aromatic rings. The van der Waals surface area contributed by atoms with E-state index in [0.29, 0.717) is 22.5 Å². The fourth-order valence-corrected chi connectivity index (χ4v) is 3.16. The molecule has 0 saturated heterocycles. The van der Waals surface area contributed by atoms with Gasteiger partial charge in [-0.15, -0.1) is 0 Å². The molecule has 0 radical (unpaired) electrons. The lowest BCUT2D eigenvalue weighted by molar-refractivity contribution is -0.386. The second-order valence-corrected chi connectivity index (χ2v) is 7.19. The van der Waals surface area contributed by atoms with Crippen molar-refractivity contribution in [2.45, 2.75) is 33.1 Å². The molecule has 12 heteroatoms. The van der Waals surface area contributed by atoms with E-state index >= 15 is 0 Å². The lowest BCUT2D eigenvalue weighted by Crippen LogP contribution is -2.24. The van der Waals surface area contributed by atoms with Crippen LogP contribution >= 0.6 is 0 Å². The van der Waals surface area contributed by atoms with E-state index in [-0.39, 0.29) is 24.7 Å². The second-order valence-electron chi connectivity index (χ2n) is 7.19. The minimum absolute atomic E-state index is 0.0278. The zero-order valence-corrected chi connectivity index (χ0v) is 17.7. The summed E-state index contributed by atoms with van der Waals surface area (Å²) < 4.78 is 43.4. The van der Waals surface area contributed by atoms with E-state index in [2.05, 4.69) is 15.4 Å². The van der Waals surface area contributed by atoms with E-state index in [0.717, 1.165) is 5.56 Å². The third-order valence-corrected chi connectivity index (χ3v) is 4.74. The summed E-state index contributed by atoms with van der Waals surface area (Å²) in [5, 5.41) is 18.0. The first-order valence-corrected chi connectivity index (χ1v) is 9.74. The number of alkyl halides is 3. The molecule has 0 saturated carbocycles. The highest BCUT2D eigenvalue weighted by molar-refractivity contribution is 5.94. The highest BCUT2D eigenvalue weighted by atomic mass is 19.4. The normalized spacial score (nSPS) is 11.3. The van der Waals surface area contributed by atoms with Crippen LogP contribution in [0.5, 0.6) is 5.88 Å². The van der Waals surface area contributed by atoms with Gasteiger partial charge in [0.05, 0.1) is 11.5 Å². The largest absolute Gasteiger partial charge is 0.468 e. The molecule has 0 bridgehead atoms. The Labute approximate surface area is 186 Å². The Morgan fingerprint density at radius 1 is 1.21 bits per heavy atom. The third-order valence-electron chi connectivity index (χ3n) is 4.74. The number of rotatable bonds is 8. The zero-order valence-electron chi connectivity index (χ0n) is 17.7. The van der Waals surface area contributed by atoms with Crippen LogP contribution in [-0.4, -0.2) is 38.4 Å². The molecule has 0 aliphatic heterocycles. The van der Waals surface area contributed by atoms with Crippen molar-refractivity contribution < 1.29 is 27.6 Å². The zero-order chi connectivity index (χ0) is 24.2. The summed E-state index contributed by atoms with van der Waals surface area (Å²) in [5.74, 6) is -0.640.